The van der Waals surface area contributed by atoms with E-state index in [1.54, 1.807) is 6.92 Å². The summed E-state index contributed by atoms with van der Waals surface area (Å²) in [5.41, 5.74) is 1.03. The Balaban J connectivity index is 1.40. The summed E-state index contributed by atoms with van der Waals surface area (Å²) in [5.74, 6) is 2.45. The van der Waals surface area contributed by atoms with Gasteiger partial charge in [-0.05, 0) is 128 Å². The molecule has 0 aliphatic heterocycles. The van der Waals surface area contributed by atoms with Crippen molar-refractivity contribution >= 4 is 17.9 Å². The maximum atomic E-state index is 12.3. The Morgan fingerprint density at radius 1 is 0.814 bits per heavy atom. The van der Waals surface area contributed by atoms with Crippen molar-refractivity contribution in [2.45, 2.75) is 145 Å². The smallest absolute Gasteiger partial charge is 0.306 e. The van der Waals surface area contributed by atoms with E-state index in [0.717, 1.165) is 19.3 Å². The molecule has 0 spiro atoms. The Hall–Kier alpha value is -1.59. The molecule has 0 heterocycles. The molecule has 0 unspecified atom stereocenters. The number of carboxylic acid groups (broad SMARTS) is 1. The van der Waals surface area contributed by atoms with Gasteiger partial charge in [0.2, 0.25) is 0 Å². The Kier molecular flexibility index (Phi) is 8.64. The molecule has 0 bridgehead atoms. The Morgan fingerprint density at radius 2 is 1.53 bits per heavy atom. The molecule has 0 amide bonds. The van der Waals surface area contributed by atoms with Crippen molar-refractivity contribution in [3.8, 4) is 0 Å². The fraction of sp³-hybridized carbons (Fsp3) is 0.919. The van der Waals surface area contributed by atoms with Gasteiger partial charge in [0.25, 0.3) is 0 Å². The first kappa shape index (κ1) is 32.8. The summed E-state index contributed by atoms with van der Waals surface area (Å²) in [7, 11) is 0. The average Bonchev–Trinajstić information content (AvgIpc) is 3.29. The maximum absolute atomic E-state index is 12.3. The number of carboxylic acids is 1. The second-order valence-corrected chi connectivity index (χ2v) is 17.3. The van der Waals surface area contributed by atoms with Gasteiger partial charge in [-0.2, -0.15) is 0 Å². The lowest BCUT2D eigenvalue weighted by atomic mass is 9.32. The summed E-state index contributed by atoms with van der Waals surface area (Å²) in [6.45, 7) is 19.5. The third kappa shape index (κ3) is 5.17. The molecule has 5 aliphatic rings. The molecule has 0 aromatic rings. The van der Waals surface area contributed by atoms with Crippen molar-refractivity contribution in [1.29, 1.82) is 0 Å². The zero-order chi connectivity index (χ0) is 31.6. The van der Waals surface area contributed by atoms with Crippen LogP contribution >= 0.6 is 0 Å². The summed E-state index contributed by atoms with van der Waals surface area (Å²) >= 11 is 0. The number of fused-ring (bicyclic) bond motifs is 7. The summed E-state index contributed by atoms with van der Waals surface area (Å²) < 4.78 is 11.6. The SMILES string of the molecule is CC(=O)O[C@H]1CC[C@]2(C)[C@H]3CC[C@H]4[C@@H]5[C@H](C(C)C)CC[C@]5(CCOC(=O)CCC(=O)O)CC[C@@]4(C)[C@]3(C)CC[C@H]2C1(C)C. The van der Waals surface area contributed by atoms with Gasteiger partial charge in [-0.25, -0.2) is 0 Å². The van der Waals surface area contributed by atoms with Gasteiger partial charge >= 0.3 is 17.9 Å². The normalized spacial score (nSPS) is 44.9. The van der Waals surface area contributed by atoms with Crippen LogP contribution in [0.25, 0.3) is 0 Å². The second kappa shape index (κ2) is 11.3. The quantitative estimate of drug-likeness (QED) is 0.281. The minimum atomic E-state index is -0.953. The number of rotatable bonds is 8. The van der Waals surface area contributed by atoms with Crippen LogP contribution in [0.2, 0.25) is 0 Å². The van der Waals surface area contributed by atoms with Gasteiger partial charge in [-0.3, -0.25) is 14.4 Å². The molecule has 244 valence electrons. The first-order valence-corrected chi connectivity index (χ1v) is 17.6. The third-order valence-corrected chi connectivity index (χ3v) is 15.2. The van der Waals surface area contributed by atoms with E-state index in [0.29, 0.717) is 42.1 Å². The van der Waals surface area contributed by atoms with Crippen molar-refractivity contribution in [3.05, 3.63) is 0 Å². The van der Waals surface area contributed by atoms with Crippen LogP contribution in [0.1, 0.15) is 139 Å². The van der Waals surface area contributed by atoms with Gasteiger partial charge in [0.15, 0.2) is 0 Å². The lowest BCUT2D eigenvalue weighted by Gasteiger charge is -2.73. The van der Waals surface area contributed by atoms with E-state index in [1.165, 1.54) is 51.4 Å². The number of hydrogen-bond acceptors (Lipinski definition) is 5. The molecule has 1 N–H and O–H groups in total. The highest BCUT2D eigenvalue weighted by Gasteiger charge is 2.71. The number of ether oxygens (including phenoxy) is 2. The molecular formula is C37H60O6. The zero-order valence-electron chi connectivity index (χ0n) is 28.4. The molecule has 43 heavy (non-hydrogen) atoms. The molecule has 5 rings (SSSR count). The van der Waals surface area contributed by atoms with Gasteiger partial charge in [-0.1, -0.05) is 48.5 Å². The number of aliphatic carboxylic acids is 1. The fourth-order valence-corrected chi connectivity index (χ4v) is 13.0. The molecule has 0 aromatic carbocycles. The van der Waals surface area contributed by atoms with Crippen molar-refractivity contribution in [2.75, 3.05) is 6.61 Å². The highest BCUT2D eigenvalue weighted by atomic mass is 16.5. The maximum Gasteiger partial charge on any atom is 0.306 e. The zero-order valence-corrected chi connectivity index (χ0v) is 28.4. The van der Waals surface area contributed by atoms with Gasteiger partial charge in [0.05, 0.1) is 19.4 Å². The van der Waals surface area contributed by atoms with Crippen molar-refractivity contribution in [3.63, 3.8) is 0 Å². The van der Waals surface area contributed by atoms with Gasteiger partial charge in [-0.15, -0.1) is 0 Å². The number of esters is 2. The summed E-state index contributed by atoms with van der Waals surface area (Å²) in [4.78, 5) is 35.2. The first-order valence-electron chi connectivity index (χ1n) is 17.6. The molecule has 5 fully saturated rings. The highest BCUT2D eigenvalue weighted by Crippen LogP contribution is 2.78. The van der Waals surface area contributed by atoms with Crippen LogP contribution in [0.3, 0.4) is 0 Å². The van der Waals surface area contributed by atoms with E-state index in [2.05, 4.69) is 48.5 Å². The number of carbonyl (C=O) groups excluding carboxylic acids is 2. The molecule has 6 heteroatoms. The van der Waals surface area contributed by atoms with Crippen LogP contribution in [0.5, 0.6) is 0 Å². The lowest BCUT2D eigenvalue weighted by Crippen LogP contribution is -2.66. The summed E-state index contributed by atoms with van der Waals surface area (Å²) in [5, 5.41) is 8.96. The molecule has 0 aromatic heterocycles. The fourth-order valence-electron chi connectivity index (χ4n) is 13.0. The molecule has 0 radical (unpaired) electrons. The second-order valence-electron chi connectivity index (χ2n) is 17.3. The highest BCUT2D eigenvalue weighted by molar-refractivity contribution is 5.76. The molecule has 0 saturated heterocycles. The van der Waals surface area contributed by atoms with Crippen LogP contribution in [-0.2, 0) is 23.9 Å². The van der Waals surface area contributed by atoms with Gasteiger partial charge in [0, 0.05) is 12.3 Å². The van der Waals surface area contributed by atoms with Crippen LogP contribution < -0.4 is 0 Å². The number of carbonyl (C=O) groups is 3. The van der Waals surface area contributed by atoms with E-state index < -0.39 is 5.97 Å². The van der Waals surface area contributed by atoms with E-state index >= 15 is 0 Å². The van der Waals surface area contributed by atoms with Crippen molar-refractivity contribution < 1.29 is 29.0 Å². The van der Waals surface area contributed by atoms with Crippen LogP contribution in [0.4, 0.5) is 0 Å². The third-order valence-electron chi connectivity index (χ3n) is 15.2. The van der Waals surface area contributed by atoms with E-state index in [9.17, 15) is 14.4 Å². The standard InChI is InChI=1S/C37H60O6/c1-23(2)25-13-18-37(21-22-42-31(41)12-11-30(39)40)20-19-35(7)26(32(25)37)9-10-28-34(6)16-15-29(43-24(3)38)33(4,5)27(34)14-17-36(28,35)8/h23,25-29,32H,9-22H2,1-8H3,(H,39,40)/t25-,26-,27-,28+,29-,32-,34-,35+,36+,37+/m0/s1. The summed E-state index contributed by atoms with van der Waals surface area (Å²) in [6.07, 6.45) is 12.9. The monoisotopic (exact) mass is 600 g/mol. The van der Waals surface area contributed by atoms with Crippen LogP contribution in [0.15, 0.2) is 0 Å². The molecule has 5 saturated carbocycles. The predicted octanol–water partition coefficient (Wildman–Crippen LogP) is 8.45. The Bertz CT molecular complexity index is 1100. The average molecular weight is 601 g/mol. The number of hydrogen-bond donors (Lipinski definition) is 1. The minimum absolute atomic E-state index is 0.0122. The van der Waals surface area contributed by atoms with E-state index in [1.807, 2.05) is 0 Å². The summed E-state index contributed by atoms with van der Waals surface area (Å²) in [6, 6.07) is 0. The Labute approximate surface area is 260 Å². The largest absolute Gasteiger partial charge is 0.481 e. The predicted molar refractivity (Wildman–Crippen MR) is 167 cm³/mol. The molecular weight excluding hydrogens is 540 g/mol. The van der Waals surface area contributed by atoms with Gasteiger partial charge in [0.1, 0.15) is 6.10 Å². The van der Waals surface area contributed by atoms with Crippen molar-refractivity contribution in [1.82, 2.24) is 0 Å². The molecule has 10 atom stereocenters. The van der Waals surface area contributed by atoms with Crippen molar-refractivity contribution in [2.24, 2.45) is 62.6 Å². The topological polar surface area (TPSA) is 89.9 Å². The minimum Gasteiger partial charge on any atom is -0.481 e. The lowest BCUT2D eigenvalue weighted by molar-refractivity contribution is -0.252. The van der Waals surface area contributed by atoms with E-state index in [4.69, 9.17) is 14.6 Å². The van der Waals surface area contributed by atoms with Gasteiger partial charge < -0.3 is 14.6 Å². The molecule has 6 nitrogen and oxygen atoms in total. The van der Waals surface area contributed by atoms with E-state index in [-0.39, 0.29) is 58.0 Å². The first-order chi connectivity index (χ1) is 20.0. The van der Waals surface area contributed by atoms with Crippen LogP contribution in [0, 0.1) is 62.6 Å². The van der Waals surface area contributed by atoms with Crippen LogP contribution in [-0.4, -0.2) is 35.7 Å². The Morgan fingerprint density at radius 3 is 2.19 bits per heavy atom. The molecule has 5 aliphatic carbocycles.